The van der Waals surface area contributed by atoms with Crippen LogP contribution in [0.3, 0.4) is 0 Å². The van der Waals surface area contributed by atoms with Gasteiger partial charge in [0, 0.05) is 17.4 Å². The summed E-state index contributed by atoms with van der Waals surface area (Å²) in [6, 6.07) is 13.7. The van der Waals surface area contributed by atoms with Gasteiger partial charge in [0.1, 0.15) is 0 Å². The zero-order valence-electron chi connectivity index (χ0n) is 19.6. The lowest BCUT2D eigenvalue weighted by Crippen LogP contribution is -2.28. The van der Waals surface area contributed by atoms with E-state index in [9.17, 15) is 9.90 Å². The minimum atomic E-state index is -0.373. The Labute approximate surface area is 195 Å². The molecule has 4 rings (SSSR count). The first kappa shape index (κ1) is 23.1. The van der Waals surface area contributed by atoms with E-state index in [1.807, 2.05) is 6.07 Å². The Kier molecular flexibility index (Phi) is 7.45. The molecule has 6 nitrogen and oxygen atoms in total. The number of esters is 1. The van der Waals surface area contributed by atoms with Crippen LogP contribution in [-0.2, 0) is 11.3 Å². The number of hydrogen-bond donors (Lipinski definition) is 2. The summed E-state index contributed by atoms with van der Waals surface area (Å²) in [4.78, 5) is 22.5. The van der Waals surface area contributed by atoms with Gasteiger partial charge >= 0.3 is 5.97 Å². The Morgan fingerprint density at radius 1 is 1.09 bits per heavy atom. The number of carbonyl (C=O) groups is 1. The average Bonchev–Trinajstić information content (AvgIpc) is 3.15. The molecule has 0 unspecified atom stereocenters. The van der Waals surface area contributed by atoms with E-state index in [-0.39, 0.29) is 11.8 Å². The Morgan fingerprint density at radius 2 is 1.85 bits per heavy atom. The molecule has 2 aromatic carbocycles. The molecular formula is C27H33N3O3. The number of fused-ring (bicyclic) bond motifs is 1. The summed E-state index contributed by atoms with van der Waals surface area (Å²) in [5, 5.41) is 11.6. The van der Waals surface area contributed by atoms with Gasteiger partial charge in [-0.25, -0.2) is 4.79 Å². The molecule has 0 radical (unpaired) electrons. The van der Waals surface area contributed by atoms with Gasteiger partial charge in [-0.05, 0) is 69.1 Å². The number of ether oxygens (including phenoxy) is 1. The zero-order valence-corrected chi connectivity index (χ0v) is 19.6. The molecule has 2 heterocycles. The highest BCUT2D eigenvalue weighted by Crippen LogP contribution is 2.31. The van der Waals surface area contributed by atoms with Crippen molar-refractivity contribution < 1.29 is 14.6 Å². The Balaban J connectivity index is 1.61. The highest BCUT2D eigenvalue weighted by atomic mass is 16.5. The Hall–Kier alpha value is -3.12. The summed E-state index contributed by atoms with van der Waals surface area (Å²) in [7, 11) is 0. The molecule has 33 heavy (non-hydrogen) atoms. The zero-order chi connectivity index (χ0) is 23.2. The van der Waals surface area contributed by atoms with Crippen LogP contribution < -0.4 is 0 Å². The Bertz CT molecular complexity index is 1130. The summed E-state index contributed by atoms with van der Waals surface area (Å²) in [5.74, 6) is -0.304. The van der Waals surface area contributed by atoms with E-state index in [1.165, 1.54) is 37.9 Å². The molecule has 1 aliphatic heterocycles. The van der Waals surface area contributed by atoms with Gasteiger partial charge in [-0.1, -0.05) is 38.0 Å². The third kappa shape index (κ3) is 5.45. The van der Waals surface area contributed by atoms with Crippen molar-refractivity contribution in [2.24, 2.45) is 4.99 Å². The molecule has 1 aliphatic rings. The standard InChI is InChI=1S/C27H33N3O3/c1-3-8-23(28-21-12-9-19(10-13-21)18-30-15-6-5-7-16-30)25-22-14-11-20(27(32)33-4-2)17-24(22)29-26(25)31/h9-14,17,29,31H,3-8,15-16,18H2,1-2H3. The minimum Gasteiger partial charge on any atom is -0.494 e. The number of piperidine rings is 1. The number of aliphatic imine (C=N–C) groups is 1. The topological polar surface area (TPSA) is 77.9 Å². The molecule has 0 saturated carbocycles. The molecule has 1 saturated heterocycles. The molecule has 0 atom stereocenters. The number of aromatic hydroxyl groups is 1. The first-order valence-corrected chi connectivity index (χ1v) is 12.0. The minimum absolute atomic E-state index is 0.0694. The van der Waals surface area contributed by atoms with E-state index < -0.39 is 0 Å². The summed E-state index contributed by atoms with van der Waals surface area (Å²) in [6.07, 6.45) is 5.56. The molecule has 0 bridgehead atoms. The van der Waals surface area contributed by atoms with E-state index in [1.54, 1.807) is 19.1 Å². The molecule has 0 aliphatic carbocycles. The fraction of sp³-hybridized carbons (Fsp3) is 0.407. The number of rotatable bonds is 8. The highest BCUT2D eigenvalue weighted by molar-refractivity contribution is 6.14. The van der Waals surface area contributed by atoms with Crippen molar-refractivity contribution in [3.05, 3.63) is 59.2 Å². The SMILES string of the molecule is CCCC(=Nc1ccc(CN2CCCCC2)cc1)c1c(O)[nH]c2cc(C(=O)OCC)ccc12. The van der Waals surface area contributed by atoms with Gasteiger partial charge in [-0.15, -0.1) is 0 Å². The van der Waals surface area contributed by atoms with Crippen LogP contribution in [0.25, 0.3) is 10.9 Å². The second kappa shape index (κ2) is 10.7. The normalized spacial score (nSPS) is 15.2. The monoisotopic (exact) mass is 447 g/mol. The number of likely N-dealkylation sites (tertiary alicyclic amines) is 1. The van der Waals surface area contributed by atoms with Crippen LogP contribution in [0.15, 0.2) is 47.5 Å². The molecule has 1 aromatic heterocycles. The van der Waals surface area contributed by atoms with Crippen LogP contribution in [-0.4, -0.2) is 46.4 Å². The fourth-order valence-electron chi connectivity index (χ4n) is 4.50. The van der Waals surface area contributed by atoms with Gasteiger partial charge < -0.3 is 14.8 Å². The average molecular weight is 448 g/mol. The van der Waals surface area contributed by atoms with Crippen LogP contribution >= 0.6 is 0 Å². The number of hydrogen-bond acceptors (Lipinski definition) is 5. The lowest BCUT2D eigenvalue weighted by molar-refractivity contribution is 0.0526. The van der Waals surface area contributed by atoms with Crippen molar-refractivity contribution in [3.8, 4) is 5.88 Å². The van der Waals surface area contributed by atoms with E-state index in [4.69, 9.17) is 9.73 Å². The molecule has 3 aromatic rings. The summed E-state index contributed by atoms with van der Waals surface area (Å²) in [5.41, 5.74) is 4.84. The van der Waals surface area contributed by atoms with Gasteiger partial charge in [0.2, 0.25) is 0 Å². The lowest BCUT2D eigenvalue weighted by atomic mass is 10.0. The van der Waals surface area contributed by atoms with Gasteiger partial charge in [0.25, 0.3) is 0 Å². The summed E-state index contributed by atoms with van der Waals surface area (Å²) in [6.45, 7) is 7.54. The van der Waals surface area contributed by atoms with Crippen molar-refractivity contribution in [1.29, 1.82) is 0 Å². The quantitative estimate of drug-likeness (QED) is 0.330. The maximum Gasteiger partial charge on any atom is 0.338 e. The third-order valence-corrected chi connectivity index (χ3v) is 6.12. The second-order valence-electron chi connectivity index (χ2n) is 8.64. The van der Waals surface area contributed by atoms with Crippen molar-refractivity contribution >= 4 is 28.3 Å². The molecular weight excluding hydrogens is 414 g/mol. The molecule has 6 heteroatoms. The first-order chi connectivity index (χ1) is 16.1. The molecule has 1 fully saturated rings. The summed E-state index contributed by atoms with van der Waals surface area (Å²) < 4.78 is 5.09. The molecule has 2 N–H and O–H groups in total. The Morgan fingerprint density at radius 3 is 2.55 bits per heavy atom. The van der Waals surface area contributed by atoms with Gasteiger partial charge in [-0.2, -0.15) is 0 Å². The lowest BCUT2D eigenvalue weighted by Gasteiger charge is -2.26. The van der Waals surface area contributed by atoms with Crippen molar-refractivity contribution in [2.75, 3.05) is 19.7 Å². The number of nitrogens with zero attached hydrogens (tertiary/aromatic N) is 2. The number of aromatic amines is 1. The predicted octanol–water partition coefficient (Wildman–Crippen LogP) is 5.96. The second-order valence-corrected chi connectivity index (χ2v) is 8.64. The van der Waals surface area contributed by atoms with Gasteiger partial charge in [0.05, 0.1) is 29.1 Å². The smallest absolute Gasteiger partial charge is 0.338 e. The molecule has 174 valence electrons. The van der Waals surface area contributed by atoms with Crippen molar-refractivity contribution in [2.45, 2.75) is 52.5 Å². The van der Waals surface area contributed by atoms with Crippen LogP contribution in [0.2, 0.25) is 0 Å². The fourth-order valence-corrected chi connectivity index (χ4v) is 4.50. The van der Waals surface area contributed by atoms with E-state index >= 15 is 0 Å². The predicted molar refractivity (Wildman–Crippen MR) is 133 cm³/mol. The van der Waals surface area contributed by atoms with E-state index in [0.717, 1.165) is 36.2 Å². The molecule has 0 amide bonds. The van der Waals surface area contributed by atoms with Crippen molar-refractivity contribution in [1.82, 2.24) is 9.88 Å². The van der Waals surface area contributed by atoms with Crippen LogP contribution in [0.5, 0.6) is 5.88 Å². The summed E-state index contributed by atoms with van der Waals surface area (Å²) >= 11 is 0. The third-order valence-electron chi connectivity index (χ3n) is 6.12. The first-order valence-electron chi connectivity index (χ1n) is 12.0. The van der Waals surface area contributed by atoms with E-state index in [0.29, 0.717) is 23.3 Å². The number of carbonyl (C=O) groups excluding carboxylic acids is 1. The number of aromatic nitrogens is 1. The largest absolute Gasteiger partial charge is 0.494 e. The number of nitrogens with one attached hydrogen (secondary N) is 1. The molecule has 0 spiro atoms. The number of H-pyrrole nitrogens is 1. The van der Waals surface area contributed by atoms with Gasteiger partial charge in [-0.3, -0.25) is 9.89 Å². The van der Waals surface area contributed by atoms with Crippen LogP contribution in [0.4, 0.5) is 5.69 Å². The maximum absolute atomic E-state index is 12.1. The van der Waals surface area contributed by atoms with Crippen molar-refractivity contribution in [3.63, 3.8) is 0 Å². The van der Waals surface area contributed by atoms with Crippen LogP contribution in [0.1, 0.15) is 67.4 Å². The number of benzene rings is 2. The van der Waals surface area contributed by atoms with E-state index in [2.05, 4.69) is 41.1 Å². The van der Waals surface area contributed by atoms with Gasteiger partial charge in [0.15, 0.2) is 5.88 Å². The maximum atomic E-state index is 12.1. The highest BCUT2D eigenvalue weighted by Gasteiger charge is 2.18. The van der Waals surface area contributed by atoms with Crippen LogP contribution in [0, 0.1) is 0 Å².